The molecular weight excluding hydrogens is 342 g/mol. The maximum Gasteiger partial charge on any atom is 0.255 e. The minimum Gasteiger partial charge on any atom is -0.378 e. The van der Waals surface area contributed by atoms with E-state index < -0.39 is 0 Å². The van der Waals surface area contributed by atoms with Crippen LogP contribution in [-0.2, 0) is 9.53 Å². The first kappa shape index (κ1) is 18.2. The zero-order valence-corrected chi connectivity index (χ0v) is 14.9. The topological polar surface area (TPSA) is 84.7 Å². The summed E-state index contributed by atoms with van der Waals surface area (Å²) >= 11 is 6.29. The first-order valence-electron chi connectivity index (χ1n) is 8.77. The Balaban J connectivity index is 1.67. The summed E-state index contributed by atoms with van der Waals surface area (Å²) in [5.74, 6) is 0.0810. The van der Waals surface area contributed by atoms with Crippen LogP contribution in [0.3, 0.4) is 0 Å². The van der Waals surface area contributed by atoms with E-state index in [0.717, 1.165) is 19.3 Å². The molecule has 1 aromatic carbocycles. The second-order valence-electron chi connectivity index (χ2n) is 6.62. The second kappa shape index (κ2) is 8.17. The van der Waals surface area contributed by atoms with E-state index in [-0.39, 0.29) is 23.7 Å². The van der Waals surface area contributed by atoms with E-state index in [1.54, 1.807) is 23.1 Å². The van der Waals surface area contributed by atoms with Gasteiger partial charge in [0.1, 0.15) is 0 Å². The van der Waals surface area contributed by atoms with Crippen molar-refractivity contribution < 1.29 is 14.3 Å². The monoisotopic (exact) mass is 365 g/mol. The van der Waals surface area contributed by atoms with Gasteiger partial charge in [-0.25, -0.2) is 0 Å². The fourth-order valence-corrected chi connectivity index (χ4v) is 3.86. The second-order valence-corrected chi connectivity index (χ2v) is 7.03. The lowest BCUT2D eigenvalue weighted by atomic mass is 9.95. The van der Waals surface area contributed by atoms with Gasteiger partial charge in [0.25, 0.3) is 5.91 Å². The third kappa shape index (κ3) is 4.14. The Bertz CT molecular complexity index is 646. The Morgan fingerprint density at radius 3 is 2.72 bits per heavy atom. The molecule has 1 heterocycles. The van der Waals surface area contributed by atoms with Crippen LogP contribution in [-0.4, -0.2) is 49.6 Å². The van der Waals surface area contributed by atoms with Crippen LogP contribution in [0.4, 0.5) is 5.69 Å². The Kier molecular flexibility index (Phi) is 5.93. The van der Waals surface area contributed by atoms with E-state index in [1.807, 2.05) is 0 Å². The summed E-state index contributed by atoms with van der Waals surface area (Å²) in [5, 5.41) is 3.25. The molecule has 0 bridgehead atoms. The molecule has 1 saturated heterocycles. The van der Waals surface area contributed by atoms with E-state index in [0.29, 0.717) is 49.1 Å². The molecular formula is C18H24ClN3O3. The number of nitrogens with two attached hydrogens (primary N) is 1. The third-order valence-electron chi connectivity index (χ3n) is 5.06. The molecule has 2 aliphatic rings. The highest BCUT2D eigenvalue weighted by molar-refractivity contribution is 6.34. The number of amides is 2. The van der Waals surface area contributed by atoms with Crippen LogP contribution in [0.5, 0.6) is 0 Å². The molecule has 3 N–H and O–H groups in total. The predicted octanol–water partition coefficient (Wildman–Crippen LogP) is 2.13. The molecule has 0 spiro atoms. The average molecular weight is 366 g/mol. The van der Waals surface area contributed by atoms with Crippen molar-refractivity contribution in [2.75, 3.05) is 38.2 Å². The highest BCUT2D eigenvalue weighted by Crippen LogP contribution is 2.32. The molecule has 1 aliphatic carbocycles. The van der Waals surface area contributed by atoms with Crippen LogP contribution in [0.15, 0.2) is 18.2 Å². The number of rotatable bonds is 4. The largest absolute Gasteiger partial charge is 0.378 e. The highest BCUT2D eigenvalue weighted by atomic mass is 35.5. The molecule has 2 fully saturated rings. The van der Waals surface area contributed by atoms with Crippen molar-refractivity contribution in [3.8, 4) is 0 Å². The van der Waals surface area contributed by atoms with Gasteiger partial charge in [0.15, 0.2) is 0 Å². The summed E-state index contributed by atoms with van der Waals surface area (Å²) in [6.45, 7) is 2.75. The summed E-state index contributed by atoms with van der Waals surface area (Å²) < 4.78 is 5.26. The zero-order chi connectivity index (χ0) is 17.8. The van der Waals surface area contributed by atoms with Crippen molar-refractivity contribution in [2.45, 2.75) is 19.3 Å². The lowest BCUT2D eigenvalue weighted by Gasteiger charge is -2.27. The van der Waals surface area contributed by atoms with Crippen molar-refractivity contribution >= 4 is 29.1 Å². The van der Waals surface area contributed by atoms with Gasteiger partial charge >= 0.3 is 0 Å². The molecule has 1 aliphatic heterocycles. The smallest absolute Gasteiger partial charge is 0.255 e. The molecule has 2 atom stereocenters. The first-order valence-corrected chi connectivity index (χ1v) is 9.15. The number of carbonyl (C=O) groups excluding carboxylic acids is 2. The van der Waals surface area contributed by atoms with Crippen LogP contribution in [0.25, 0.3) is 0 Å². The first-order chi connectivity index (χ1) is 12.1. The van der Waals surface area contributed by atoms with Gasteiger partial charge in [-0.1, -0.05) is 18.0 Å². The van der Waals surface area contributed by atoms with Crippen LogP contribution in [0.1, 0.15) is 29.6 Å². The summed E-state index contributed by atoms with van der Waals surface area (Å²) in [5.41, 5.74) is 6.81. The lowest BCUT2D eigenvalue weighted by molar-refractivity contribution is -0.120. The molecule has 136 valence electrons. The molecule has 1 saturated carbocycles. The zero-order valence-electron chi connectivity index (χ0n) is 14.2. The number of carbonyl (C=O) groups is 2. The normalized spacial score (nSPS) is 23.5. The van der Waals surface area contributed by atoms with Crippen molar-refractivity contribution in [1.29, 1.82) is 0 Å². The van der Waals surface area contributed by atoms with Gasteiger partial charge in [-0.05, 0) is 43.5 Å². The maximum atomic E-state index is 12.5. The minimum absolute atomic E-state index is 0.0173. The van der Waals surface area contributed by atoms with Gasteiger partial charge in [0, 0.05) is 24.7 Å². The van der Waals surface area contributed by atoms with Gasteiger partial charge in [-0.15, -0.1) is 0 Å². The van der Waals surface area contributed by atoms with Crippen molar-refractivity contribution in [3.05, 3.63) is 28.8 Å². The summed E-state index contributed by atoms with van der Waals surface area (Å²) in [6, 6.07) is 5.04. The highest BCUT2D eigenvalue weighted by Gasteiger charge is 2.32. The van der Waals surface area contributed by atoms with Crippen molar-refractivity contribution in [3.63, 3.8) is 0 Å². The fraction of sp³-hybridized carbons (Fsp3) is 0.556. The van der Waals surface area contributed by atoms with Crippen molar-refractivity contribution in [2.24, 2.45) is 17.6 Å². The van der Waals surface area contributed by atoms with Gasteiger partial charge in [0.2, 0.25) is 5.91 Å². The number of morpholine rings is 1. The van der Waals surface area contributed by atoms with Crippen LogP contribution < -0.4 is 11.1 Å². The Labute approximate surface area is 152 Å². The Hall–Kier alpha value is -1.63. The molecule has 1 aromatic rings. The summed E-state index contributed by atoms with van der Waals surface area (Å²) in [7, 11) is 0. The molecule has 7 heteroatoms. The number of hydrogen-bond donors (Lipinski definition) is 2. The van der Waals surface area contributed by atoms with Crippen molar-refractivity contribution in [1.82, 2.24) is 4.90 Å². The third-order valence-corrected chi connectivity index (χ3v) is 5.38. The lowest BCUT2D eigenvalue weighted by Crippen LogP contribution is -2.40. The fourth-order valence-electron chi connectivity index (χ4n) is 3.60. The number of anilines is 1. The van der Waals surface area contributed by atoms with Gasteiger partial charge < -0.3 is 20.7 Å². The number of halogens is 1. The molecule has 6 nitrogen and oxygen atoms in total. The summed E-state index contributed by atoms with van der Waals surface area (Å²) in [6.07, 6.45) is 2.91. The van der Waals surface area contributed by atoms with E-state index >= 15 is 0 Å². The molecule has 3 rings (SSSR count). The molecule has 25 heavy (non-hydrogen) atoms. The number of nitrogens with zero attached hydrogens (tertiary/aromatic N) is 1. The Morgan fingerprint density at radius 2 is 2.04 bits per heavy atom. The SMILES string of the molecule is NC[C@H]1CCC[C@H]1C(=O)Nc1ccc(C(=O)N2CCOCC2)c(Cl)c1. The minimum atomic E-state index is -0.106. The van der Waals surface area contributed by atoms with E-state index in [4.69, 9.17) is 22.1 Å². The van der Waals surface area contributed by atoms with Crippen LogP contribution in [0, 0.1) is 11.8 Å². The van der Waals surface area contributed by atoms with Gasteiger partial charge in [-0.2, -0.15) is 0 Å². The molecule has 2 amide bonds. The van der Waals surface area contributed by atoms with E-state index in [2.05, 4.69) is 5.32 Å². The molecule has 0 radical (unpaired) electrons. The number of ether oxygens (including phenoxy) is 1. The van der Waals surface area contributed by atoms with Gasteiger partial charge in [0.05, 0.1) is 23.8 Å². The summed E-state index contributed by atoms with van der Waals surface area (Å²) in [4.78, 5) is 26.7. The van der Waals surface area contributed by atoms with E-state index in [1.165, 1.54) is 0 Å². The number of nitrogens with one attached hydrogen (secondary N) is 1. The Morgan fingerprint density at radius 1 is 1.28 bits per heavy atom. The molecule has 0 aromatic heterocycles. The standard InChI is InChI=1S/C18H24ClN3O3/c19-16-10-13(21-17(23)14-3-1-2-12(14)11-20)4-5-15(16)18(24)22-6-8-25-9-7-22/h4-5,10,12,14H,1-3,6-9,11,20H2,(H,21,23)/t12-,14-/m1/s1. The van der Waals surface area contributed by atoms with Gasteiger partial charge in [-0.3, -0.25) is 9.59 Å². The average Bonchev–Trinajstić information content (AvgIpc) is 3.11. The quantitative estimate of drug-likeness (QED) is 0.856. The number of hydrogen-bond acceptors (Lipinski definition) is 4. The molecule has 0 unspecified atom stereocenters. The number of benzene rings is 1. The maximum absolute atomic E-state index is 12.5. The van der Waals surface area contributed by atoms with Crippen LogP contribution >= 0.6 is 11.6 Å². The van der Waals surface area contributed by atoms with Crippen LogP contribution in [0.2, 0.25) is 5.02 Å². The van der Waals surface area contributed by atoms with E-state index in [9.17, 15) is 9.59 Å². The predicted molar refractivity (Wildman–Crippen MR) is 96.7 cm³/mol.